The average molecular weight is 395 g/mol. The smallest absolute Gasteiger partial charge is 0.320 e. The molecule has 0 aromatic carbocycles. The maximum absolute atomic E-state index is 12.2. The van der Waals surface area contributed by atoms with Crippen LogP contribution in [0.1, 0.15) is 48.5 Å². The highest BCUT2D eigenvalue weighted by molar-refractivity contribution is 7.88. The fourth-order valence-electron chi connectivity index (χ4n) is 2.21. The van der Waals surface area contributed by atoms with Crippen molar-refractivity contribution in [2.75, 3.05) is 40.0 Å². The van der Waals surface area contributed by atoms with E-state index < -0.39 is 21.7 Å². The first-order chi connectivity index (χ1) is 11.4. The van der Waals surface area contributed by atoms with Gasteiger partial charge in [-0.2, -0.15) is 4.31 Å². The molecule has 0 rings (SSSR count). The van der Waals surface area contributed by atoms with Gasteiger partial charge in [0.1, 0.15) is 12.7 Å². The Hall–Kier alpha value is -0.700. The van der Waals surface area contributed by atoms with Crippen LogP contribution in [0.2, 0.25) is 0 Å². The molecule has 0 saturated heterocycles. The van der Waals surface area contributed by atoms with Crippen molar-refractivity contribution in [1.82, 2.24) is 9.21 Å². The van der Waals surface area contributed by atoms with E-state index >= 15 is 0 Å². The van der Waals surface area contributed by atoms with Crippen molar-refractivity contribution in [3.63, 3.8) is 0 Å². The lowest BCUT2D eigenvalue weighted by molar-refractivity contribution is -0.152. The van der Waals surface area contributed by atoms with E-state index in [0.29, 0.717) is 0 Å². The van der Waals surface area contributed by atoms with Crippen molar-refractivity contribution in [1.29, 1.82) is 0 Å². The van der Waals surface area contributed by atoms with E-state index in [1.54, 1.807) is 19.0 Å². The monoisotopic (exact) mass is 394 g/mol. The second-order valence-corrected chi connectivity index (χ2v) is 11.1. The maximum atomic E-state index is 12.2. The molecule has 0 aliphatic rings. The largest absolute Gasteiger partial charge is 0.462 e. The van der Waals surface area contributed by atoms with Gasteiger partial charge in [0.05, 0.1) is 18.9 Å². The van der Waals surface area contributed by atoms with Crippen LogP contribution < -0.4 is 0 Å². The van der Waals surface area contributed by atoms with Crippen LogP contribution in [0.5, 0.6) is 0 Å². The molecule has 0 unspecified atom stereocenters. The van der Waals surface area contributed by atoms with Crippen LogP contribution >= 0.6 is 0 Å². The first-order valence-electron chi connectivity index (χ1n) is 8.88. The molecule has 0 spiro atoms. The maximum Gasteiger partial charge on any atom is 0.320 e. The van der Waals surface area contributed by atoms with E-state index in [1.807, 2.05) is 48.5 Å². The van der Waals surface area contributed by atoms with Crippen molar-refractivity contribution in [2.24, 2.45) is 5.41 Å². The van der Waals surface area contributed by atoms with Gasteiger partial charge in [-0.1, -0.05) is 20.8 Å². The minimum Gasteiger partial charge on any atom is -0.462 e. The molecular formula is C18H38N2O5S. The zero-order valence-electron chi connectivity index (χ0n) is 18.1. The Bertz CT molecular complexity index is 547. The van der Waals surface area contributed by atoms with Crippen LogP contribution in [0.25, 0.3) is 0 Å². The number of carbonyl (C=O) groups is 1. The highest BCUT2D eigenvalue weighted by Crippen LogP contribution is 2.25. The molecule has 0 aromatic rings. The summed E-state index contributed by atoms with van der Waals surface area (Å²) in [5, 5.41) is 0. The molecule has 2 atom stereocenters. The number of esters is 1. The summed E-state index contributed by atoms with van der Waals surface area (Å²) in [6.45, 7) is 13.9. The first-order valence-corrected chi connectivity index (χ1v) is 10.7. The molecule has 26 heavy (non-hydrogen) atoms. The number of carbonyl (C=O) groups excluding carboxylic acids is 1. The lowest BCUT2D eigenvalue weighted by Crippen LogP contribution is -2.51. The minimum atomic E-state index is -3.44. The molecule has 0 aromatic heterocycles. The molecule has 0 fully saturated rings. The molecule has 0 amide bonds. The number of likely N-dealkylation sites (N-methyl/N-ethyl adjacent to an activating group) is 1. The zero-order valence-corrected chi connectivity index (χ0v) is 18.9. The number of sulfonamides is 1. The van der Waals surface area contributed by atoms with E-state index in [4.69, 9.17) is 9.47 Å². The quantitative estimate of drug-likeness (QED) is 0.557. The summed E-state index contributed by atoms with van der Waals surface area (Å²) in [6, 6.07) is 0. The van der Waals surface area contributed by atoms with E-state index in [1.165, 1.54) is 10.6 Å². The van der Waals surface area contributed by atoms with Gasteiger partial charge in [-0.05, 0) is 47.2 Å². The predicted octanol–water partition coefficient (Wildman–Crippen LogP) is 1.97. The second-order valence-electron chi connectivity index (χ2n) is 9.15. The number of rotatable bonds is 9. The number of hydrogen-bond donors (Lipinski definition) is 0. The summed E-state index contributed by atoms with van der Waals surface area (Å²) in [5.41, 5.74) is -0.725. The van der Waals surface area contributed by atoms with Crippen molar-refractivity contribution >= 4 is 16.0 Å². The van der Waals surface area contributed by atoms with E-state index in [-0.39, 0.29) is 37.2 Å². The van der Waals surface area contributed by atoms with Gasteiger partial charge in [-0.3, -0.25) is 9.69 Å². The number of hydrogen-bond acceptors (Lipinski definition) is 6. The highest BCUT2D eigenvalue weighted by Gasteiger charge is 2.34. The molecule has 0 bridgehead atoms. The van der Waals surface area contributed by atoms with Crippen LogP contribution in [-0.4, -0.2) is 81.4 Å². The standard InChI is InChI=1S/C18H38N2O5S/c1-14(17(2,3)4)25-15(13-24-16(21)12-19(8)9)11-20(18(5,6)7)26(10,22)23/h14-15H,11-13H2,1-10H3/t14-,15-/m0/s1. The minimum absolute atomic E-state index is 0.00912. The van der Waals surface area contributed by atoms with Crippen LogP contribution in [0.4, 0.5) is 0 Å². The van der Waals surface area contributed by atoms with Gasteiger partial charge in [0, 0.05) is 12.1 Å². The summed E-state index contributed by atoms with van der Waals surface area (Å²) in [6.07, 6.45) is 0.492. The molecule has 0 aliphatic heterocycles. The highest BCUT2D eigenvalue weighted by atomic mass is 32.2. The molecular weight excluding hydrogens is 356 g/mol. The third-order valence-corrected chi connectivity index (χ3v) is 5.51. The summed E-state index contributed by atoms with van der Waals surface area (Å²) < 4.78 is 37.3. The molecule has 7 nitrogen and oxygen atoms in total. The Balaban J connectivity index is 5.33. The SMILES string of the molecule is C[C@H](O[C@H](COC(=O)CN(C)C)CN(C(C)(C)C)S(C)(=O)=O)C(C)(C)C. The number of ether oxygens (including phenoxy) is 2. The normalized spacial score (nSPS) is 16.0. The van der Waals surface area contributed by atoms with Crippen LogP contribution in [0, 0.1) is 5.41 Å². The van der Waals surface area contributed by atoms with Gasteiger partial charge in [0.15, 0.2) is 0 Å². The topological polar surface area (TPSA) is 76.2 Å². The molecule has 0 heterocycles. The van der Waals surface area contributed by atoms with Gasteiger partial charge in [0.25, 0.3) is 0 Å². The van der Waals surface area contributed by atoms with E-state index in [2.05, 4.69) is 0 Å². The van der Waals surface area contributed by atoms with Crippen molar-refractivity contribution in [2.45, 2.75) is 66.2 Å². The third-order valence-electron chi connectivity index (χ3n) is 4.01. The molecule has 156 valence electrons. The lowest BCUT2D eigenvalue weighted by atomic mass is 9.90. The van der Waals surface area contributed by atoms with Crippen molar-refractivity contribution in [3.05, 3.63) is 0 Å². The van der Waals surface area contributed by atoms with Crippen LogP contribution in [-0.2, 0) is 24.3 Å². The summed E-state index contributed by atoms with van der Waals surface area (Å²) in [7, 11) is 0.117. The van der Waals surface area contributed by atoms with Gasteiger partial charge >= 0.3 is 5.97 Å². The van der Waals surface area contributed by atoms with Crippen LogP contribution in [0.3, 0.4) is 0 Å². The average Bonchev–Trinajstić information content (AvgIpc) is 2.36. The Kier molecular flexibility index (Phi) is 9.23. The van der Waals surface area contributed by atoms with E-state index in [9.17, 15) is 13.2 Å². The molecule has 0 radical (unpaired) electrons. The Morgan fingerprint density at radius 2 is 1.58 bits per heavy atom. The third kappa shape index (κ3) is 9.85. The predicted molar refractivity (Wildman–Crippen MR) is 105 cm³/mol. The van der Waals surface area contributed by atoms with Gasteiger partial charge in [-0.25, -0.2) is 8.42 Å². The lowest BCUT2D eigenvalue weighted by Gasteiger charge is -2.38. The fourth-order valence-corrected chi connectivity index (χ4v) is 3.64. The summed E-state index contributed by atoms with van der Waals surface area (Å²) >= 11 is 0. The number of nitrogens with zero attached hydrogens (tertiary/aromatic N) is 2. The molecule has 0 saturated carbocycles. The first kappa shape index (κ1) is 25.3. The molecule has 0 aliphatic carbocycles. The molecule has 0 N–H and O–H groups in total. The fraction of sp³-hybridized carbons (Fsp3) is 0.944. The van der Waals surface area contributed by atoms with Gasteiger partial charge < -0.3 is 9.47 Å². The molecule has 8 heteroatoms. The Labute approximate surface area is 160 Å². The van der Waals surface area contributed by atoms with Crippen LogP contribution in [0.15, 0.2) is 0 Å². The van der Waals surface area contributed by atoms with E-state index in [0.717, 1.165) is 0 Å². The van der Waals surface area contributed by atoms with Crippen molar-refractivity contribution in [3.8, 4) is 0 Å². The Morgan fingerprint density at radius 1 is 1.08 bits per heavy atom. The van der Waals surface area contributed by atoms with Crippen molar-refractivity contribution < 1.29 is 22.7 Å². The van der Waals surface area contributed by atoms with Gasteiger partial charge in [-0.15, -0.1) is 0 Å². The Morgan fingerprint density at radius 3 is 1.92 bits per heavy atom. The summed E-state index contributed by atoms with van der Waals surface area (Å²) in [5.74, 6) is -0.367. The second kappa shape index (κ2) is 9.48. The summed E-state index contributed by atoms with van der Waals surface area (Å²) in [4.78, 5) is 13.6. The van der Waals surface area contributed by atoms with Gasteiger partial charge in [0.2, 0.25) is 10.0 Å². The zero-order chi connectivity index (χ0) is 20.9.